The Morgan fingerprint density at radius 2 is 2.22 bits per heavy atom. The van der Waals surface area contributed by atoms with Crippen molar-refractivity contribution < 1.29 is 19.0 Å². The van der Waals surface area contributed by atoms with Gasteiger partial charge in [-0.05, 0) is 56.5 Å². The Kier molecular flexibility index (Phi) is 5.58. The molecule has 1 atom stereocenters. The number of carbonyl (C=O) groups is 1. The van der Waals surface area contributed by atoms with Crippen LogP contribution in [-0.2, 0) is 4.79 Å². The minimum atomic E-state index is -1.02. The lowest BCUT2D eigenvalue weighted by Gasteiger charge is -2.15. The summed E-state index contributed by atoms with van der Waals surface area (Å²) >= 11 is 0. The summed E-state index contributed by atoms with van der Waals surface area (Å²) in [7, 11) is 0. The van der Waals surface area contributed by atoms with Crippen molar-refractivity contribution in [3.8, 4) is 5.75 Å². The van der Waals surface area contributed by atoms with Gasteiger partial charge in [0.1, 0.15) is 11.6 Å². The Labute approximate surface area is 106 Å². The molecule has 0 aliphatic rings. The van der Waals surface area contributed by atoms with E-state index in [-0.39, 0.29) is 5.82 Å². The molecule has 0 aliphatic carbocycles. The summed E-state index contributed by atoms with van der Waals surface area (Å²) in [6, 6.07) is 4.19. The van der Waals surface area contributed by atoms with Crippen LogP contribution in [-0.4, -0.2) is 23.7 Å². The van der Waals surface area contributed by atoms with E-state index >= 15 is 0 Å². The van der Waals surface area contributed by atoms with Gasteiger partial charge in [-0.1, -0.05) is 0 Å². The number of unbranched alkanes of at least 4 members (excludes halogenated alkanes) is 1. The number of benzene rings is 1. The predicted octanol–water partition coefficient (Wildman–Crippen LogP) is 2.10. The van der Waals surface area contributed by atoms with Crippen LogP contribution in [0.5, 0.6) is 5.75 Å². The first-order chi connectivity index (χ1) is 8.54. The lowest BCUT2D eigenvalue weighted by atomic mass is 10.1. The molecule has 1 rings (SSSR count). The second-order valence-electron chi connectivity index (χ2n) is 4.14. The van der Waals surface area contributed by atoms with Crippen LogP contribution in [0, 0.1) is 12.7 Å². The van der Waals surface area contributed by atoms with Gasteiger partial charge in [0, 0.05) is 0 Å². The molecule has 0 aromatic heterocycles. The Morgan fingerprint density at radius 1 is 1.50 bits per heavy atom. The number of carboxylic acids is 1. The Bertz CT molecular complexity index is 409. The van der Waals surface area contributed by atoms with E-state index in [1.165, 1.54) is 18.2 Å². The lowest BCUT2D eigenvalue weighted by molar-refractivity contribution is -0.145. The fraction of sp³-hybridized carbons (Fsp3) is 0.462. The molecule has 4 nitrogen and oxygen atoms in total. The quantitative estimate of drug-likeness (QED) is 0.732. The van der Waals surface area contributed by atoms with Crippen molar-refractivity contribution in [3.05, 3.63) is 29.6 Å². The minimum Gasteiger partial charge on any atom is -0.479 e. The zero-order valence-electron chi connectivity index (χ0n) is 10.4. The van der Waals surface area contributed by atoms with E-state index in [9.17, 15) is 9.18 Å². The highest BCUT2D eigenvalue weighted by Gasteiger charge is 2.19. The maximum Gasteiger partial charge on any atom is 0.344 e. The number of aryl methyl sites for hydroxylation is 1. The number of aliphatic carboxylic acids is 1. The molecule has 0 amide bonds. The van der Waals surface area contributed by atoms with Crippen molar-refractivity contribution in [1.29, 1.82) is 0 Å². The minimum absolute atomic E-state index is 0.336. The molecule has 0 aliphatic heterocycles. The van der Waals surface area contributed by atoms with E-state index in [0.29, 0.717) is 30.7 Å². The average molecular weight is 255 g/mol. The van der Waals surface area contributed by atoms with Gasteiger partial charge in [0.05, 0.1) is 0 Å². The van der Waals surface area contributed by atoms with E-state index in [0.717, 1.165) is 6.42 Å². The fourth-order valence-electron chi connectivity index (χ4n) is 1.56. The number of ether oxygens (including phenoxy) is 1. The zero-order valence-corrected chi connectivity index (χ0v) is 10.4. The molecule has 18 heavy (non-hydrogen) atoms. The first kappa shape index (κ1) is 14.4. The van der Waals surface area contributed by atoms with E-state index < -0.39 is 12.1 Å². The lowest BCUT2D eigenvalue weighted by Crippen LogP contribution is -2.27. The first-order valence-corrected chi connectivity index (χ1v) is 5.90. The van der Waals surface area contributed by atoms with Gasteiger partial charge >= 0.3 is 5.97 Å². The Balaban J connectivity index is 2.64. The van der Waals surface area contributed by atoms with Crippen LogP contribution in [0.4, 0.5) is 4.39 Å². The molecular formula is C13H18FNO3. The van der Waals surface area contributed by atoms with Gasteiger partial charge in [0.2, 0.25) is 0 Å². The van der Waals surface area contributed by atoms with E-state index in [1.54, 1.807) is 6.92 Å². The van der Waals surface area contributed by atoms with Crippen molar-refractivity contribution in [3.63, 3.8) is 0 Å². The summed E-state index contributed by atoms with van der Waals surface area (Å²) in [5, 5.41) is 9.03. The molecule has 0 fully saturated rings. The summed E-state index contributed by atoms with van der Waals surface area (Å²) in [6.45, 7) is 2.13. The smallest absolute Gasteiger partial charge is 0.344 e. The maximum absolute atomic E-state index is 13.1. The summed E-state index contributed by atoms with van der Waals surface area (Å²) < 4.78 is 18.4. The molecule has 0 bridgehead atoms. The topological polar surface area (TPSA) is 72.5 Å². The number of hydrogen-bond acceptors (Lipinski definition) is 3. The molecule has 0 heterocycles. The van der Waals surface area contributed by atoms with Gasteiger partial charge in [-0.15, -0.1) is 0 Å². The SMILES string of the molecule is Cc1cc(OC(CCCCN)C(=O)O)ccc1F. The van der Waals surface area contributed by atoms with Crippen molar-refractivity contribution >= 4 is 5.97 Å². The third-order valence-corrected chi connectivity index (χ3v) is 2.60. The molecule has 100 valence electrons. The molecule has 0 radical (unpaired) electrons. The molecule has 5 heteroatoms. The summed E-state index contributed by atoms with van der Waals surface area (Å²) in [5.41, 5.74) is 5.78. The number of halogens is 1. The molecule has 0 saturated carbocycles. The second kappa shape index (κ2) is 6.96. The van der Waals surface area contributed by atoms with E-state index in [2.05, 4.69) is 0 Å². The molecule has 0 spiro atoms. The van der Waals surface area contributed by atoms with Crippen LogP contribution in [0.25, 0.3) is 0 Å². The monoisotopic (exact) mass is 255 g/mol. The predicted molar refractivity (Wildman–Crippen MR) is 66.1 cm³/mol. The highest BCUT2D eigenvalue weighted by atomic mass is 19.1. The summed E-state index contributed by atoms with van der Waals surface area (Å²) in [5.74, 6) is -0.986. The highest BCUT2D eigenvalue weighted by Crippen LogP contribution is 2.19. The summed E-state index contributed by atoms with van der Waals surface area (Å²) in [6.07, 6.45) is 0.924. The van der Waals surface area contributed by atoms with E-state index in [1.807, 2.05) is 0 Å². The Hall–Kier alpha value is -1.62. The van der Waals surface area contributed by atoms with Gasteiger partial charge < -0.3 is 15.6 Å². The van der Waals surface area contributed by atoms with Gasteiger partial charge in [-0.25, -0.2) is 9.18 Å². The first-order valence-electron chi connectivity index (χ1n) is 5.90. The molecular weight excluding hydrogens is 237 g/mol. The maximum atomic E-state index is 13.1. The van der Waals surface area contributed by atoms with Gasteiger partial charge in [-0.3, -0.25) is 0 Å². The molecule has 0 saturated heterocycles. The number of rotatable bonds is 7. The van der Waals surface area contributed by atoms with Crippen LogP contribution in [0.15, 0.2) is 18.2 Å². The van der Waals surface area contributed by atoms with Crippen LogP contribution >= 0.6 is 0 Å². The molecule has 3 N–H and O–H groups in total. The number of nitrogens with two attached hydrogens (primary N) is 1. The van der Waals surface area contributed by atoms with Crippen LogP contribution in [0.1, 0.15) is 24.8 Å². The Morgan fingerprint density at radius 3 is 2.78 bits per heavy atom. The van der Waals surface area contributed by atoms with Crippen molar-refractivity contribution in [1.82, 2.24) is 0 Å². The van der Waals surface area contributed by atoms with Gasteiger partial charge in [0.15, 0.2) is 6.10 Å². The standard InChI is InChI=1S/C13H18FNO3/c1-9-8-10(5-6-11(9)14)18-12(13(16)17)4-2-3-7-15/h5-6,8,12H,2-4,7,15H2,1H3,(H,16,17). The zero-order chi connectivity index (χ0) is 13.5. The fourth-order valence-corrected chi connectivity index (χ4v) is 1.56. The largest absolute Gasteiger partial charge is 0.479 e. The van der Waals surface area contributed by atoms with Crippen LogP contribution in [0.2, 0.25) is 0 Å². The molecule has 1 unspecified atom stereocenters. The average Bonchev–Trinajstić information content (AvgIpc) is 2.32. The highest BCUT2D eigenvalue weighted by molar-refractivity contribution is 5.72. The van der Waals surface area contributed by atoms with Gasteiger partial charge in [-0.2, -0.15) is 0 Å². The molecule has 1 aromatic rings. The number of carboxylic acid groups (broad SMARTS) is 1. The van der Waals surface area contributed by atoms with Gasteiger partial charge in [0.25, 0.3) is 0 Å². The second-order valence-corrected chi connectivity index (χ2v) is 4.14. The van der Waals surface area contributed by atoms with Crippen LogP contribution < -0.4 is 10.5 Å². The van der Waals surface area contributed by atoms with E-state index in [4.69, 9.17) is 15.6 Å². The summed E-state index contributed by atoms with van der Waals surface area (Å²) in [4.78, 5) is 11.0. The van der Waals surface area contributed by atoms with Crippen LogP contribution in [0.3, 0.4) is 0 Å². The third kappa shape index (κ3) is 4.33. The third-order valence-electron chi connectivity index (χ3n) is 2.60. The van der Waals surface area contributed by atoms with Crippen molar-refractivity contribution in [2.24, 2.45) is 5.73 Å². The molecule has 1 aromatic carbocycles. The normalized spacial score (nSPS) is 12.2. The van der Waals surface area contributed by atoms with Crippen molar-refractivity contribution in [2.75, 3.05) is 6.54 Å². The number of hydrogen-bond donors (Lipinski definition) is 2. The van der Waals surface area contributed by atoms with Crippen molar-refractivity contribution in [2.45, 2.75) is 32.3 Å².